The number of esters is 2. The Bertz CT molecular complexity index is 1030. The Hall–Kier alpha value is -3.42. The van der Waals surface area contributed by atoms with Gasteiger partial charge in [0.1, 0.15) is 5.69 Å². The standard InChI is InChI=1S/C21H23N3O5/c1-6-27-20(25)16-12(3)17(22-13(16)4)21(26)28-14(5)18-23-24-19(29-18)15-9-7-11(2)8-10-15/h7-10,14,22H,6H2,1-5H3/t14-/m0/s1. The van der Waals surface area contributed by atoms with E-state index in [1.807, 2.05) is 31.2 Å². The minimum Gasteiger partial charge on any atom is -0.462 e. The quantitative estimate of drug-likeness (QED) is 0.624. The van der Waals surface area contributed by atoms with Gasteiger partial charge in [0, 0.05) is 11.3 Å². The molecule has 0 spiro atoms. The number of carbonyl (C=O) groups excluding carboxylic acids is 2. The van der Waals surface area contributed by atoms with Gasteiger partial charge in [-0.2, -0.15) is 0 Å². The Labute approximate surface area is 168 Å². The molecule has 0 fully saturated rings. The van der Waals surface area contributed by atoms with Gasteiger partial charge in [-0.1, -0.05) is 17.7 Å². The fraction of sp³-hybridized carbons (Fsp3) is 0.333. The average molecular weight is 397 g/mol. The summed E-state index contributed by atoms with van der Waals surface area (Å²) in [7, 11) is 0. The molecule has 0 saturated carbocycles. The molecule has 29 heavy (non-hydrogen) atoms. The van der Waals surface area contributed by atoms with Gasteiger partial charge in [0.15, 0.2) is 6.10 Å². The van der Waals surface area contributed by atoms with Crippen LogP contribution in [0.2, 0.25) is 0 Å². The third kappa shape index (κ3) is 4.21. The minimum absolute atomic E-state index is 0.181. The largest absolute Gasteiger partial charge is 0.462 e. The second kappa shape index (κ2) is 8.30. The number of nitrogens with one attached hydrogen (secondary N) is 1. The molecule has 0 radical (unpaired) electrons. The van der Waals surface area contributed by atoms with E-state index in [2.05, 4.69) is 15.2 Å². The molecule has 1 aromatic carbocycles. The van der Waals surface area contributed by atoms with Crippen molar-refractivity contribution in [2.24, 2.45) is 0 Å². The molecule has 8 heteroatoms. The van der Waals surface area contributed by atoms with Crippen LogP contribution in [-0.4, -0.2) is 33.7 Å². The summed E-state index contributed by atoms with van der Waals surface area (Å²) in [4.78, 5) is 27.6. The third-order valence-corrected chi connectivity index (χ3v) is 4.49. The van der Waals surface area contributed by atoms with E-state index < -0.39 is 18.0 Å². The summed E-state index contributed by atoms with van der Waals surface area (Å²) >= 11 is 0. The van der Waals surface area contributed by atoms with Gasteiger partial charge < -0.3 is 18.9 Å². The maximum Gasteiger partial charge on any atom is 0.355 e. The van der Waals surface area contributed by atoms with Gasteiger partial charge in [-0.15, -0.1) is 10.2 Å². The number of rotatable bonds is 6. The molecular formula is C21H23N3O5. The van der Waals surface area contributed by atoms with E-state index in [1.165, 1.54) is 0 Å². The Balaban J connectivity index is 1.75. The number of aryl methyl sites for hydroxylation is 2. The number of aromatic nitrogens is 3. The zero-order valence-electron chi connectivity index (χ0n) is 17.0. The number of nitrogens with zero attached hydrogens (tertiary/aromatic N) is 2. The number of benzene rings is 1. The highest BCUT2D eigenvalue weighted by Gasteiger charge is 2.26. The van der Waals surface area contributed by atoms with Crippen LogP contribution in [0.1, 0.15) is 63.5 Å². The van der Waals surface area contributed by atoms with Crippen molar-refractivity contribution in [3.05, 3.63) is 58.2 Å². The van der Waals surface area contributed by atoms with Crippen molar-refractivity contribution < 1.29 is 23.5 Å². The van der Waals surface area contributed by atoms with Gasteiger partial charge >= 0.3 is 11.9 Å². The molecule has 8 nitrogen and oxygen atoms in total. The van der Waals surface area contributed by atoms with Crippen molar-refractivity contribution in [1.82, 2.24) is 15.2 Å². The first kappa shape index (κ1) is 20.3. The van der Waals surface area contributed by atoms with Crippen molar-refractivity contribution in [3.8, 4) is 11.5 Å². The minimum atomic E-state index is -0.761. The van der Waals surface area contributed by atoms with Crippen LogP contribution in [0.5, 0.6) is 0 Å². The number of aromatic amines is 1. The summed E-state index contributed by atoms with van der Waals surface area (Å²) in [6, 6.07) is 7.65. The molecule has 0 saturated heterocycles. The monoisotopic (exact) mass is 397 g/mol. The Morgan fingerprint density at radius 3 is 2.45 bits per heavy atom. The molecule has 3 rings (SSSR count). The maximum atomic E-state index is 12.6. The van der Waals surface area contributed by atoms with Crippen molar-refractivity contribution in [2.75, 3.05) is 6.61 Å². The Morgan fingerprint density at radius 1 is 1.10 bits per heavy atom. The van der Waals surface area contributed by atoms with Gasteiger partial charge in [-0.05, 0) is 52.3 Å². The molecule has 1 N–H and O–H groups in total. The van der Waals surface area contributed by atoms with Crippen LogP contribution in [-0.2, 0) is 9.47 Å². The number of H-pyrrole nitrogens is 1. The number of hydrogen-bond acceptors (Lipinski definition) is 7. The lowest BCUT2D eigenvalue weighted by atomic mass is 10.1. The molecule has 0 amide bonds. The van der Waals surface area contributed by atoms with Crippen molar-refractivity contribution in [3.63, 3.8) is 0 Å². The van der Waals surface area contributed by atoms with Crippen molar-refractivity contribution >= 4 is 11.9 Å². The fourth-order valence-electron chi connectivity index (χ4n) is 2.95. The topological polar surface area (TPSA) is 107 Å². The molecule has 0 unspecified atom stereocenters. The van der Waals surface area contributed by atoms with Gasteiger partial charge in [0.05, 0.1) is 12.2 Å². The summed E-state index contributed by atoms with van der Waals surface area (Å²) in [5.41, 5.74) is 3.45. The molecule has 0 aliphatic heterocycles. The highest BCUT2D eigenvalue weighted by molar-refractivity contribution is 5.98. The lowest BCUT2D eigenvalue weighted by Gasteiger charge is -2.09. The SMILES string of the molecule is CCOC(=O)c1c(C)[nH]c(C(=O)O[C@@H](C)c2nnc(-c3ccc(C)cc3)o2)c1C. The van der Waals surface area contributed by atoms with E-state index in [-0.39, 0.29) is 18.2 Å². The third-order valence-electron chi connectivity index (χ3n) is 4.49. The predicted molar refractivity (Wildman–Crippen MR) is 105 cm³/mol. The molecular weight excluding hydrogens is 374 g/mol. The number of ether oxygens (including phenoxy) is 2. The molecule has 0 aliphatic carbocycles. The van der Waals surface area contributed by atoms with Crippen LogP contribution in [0.4, 0.5) is 0 Å². The molecule has 0 aliphatic rings. The van der Waals surface area contributed by atoms with E-state index in [4.69, 9.17) is 13.9 Å². The molecule has 2 heterocycles. The normalized spacial score (nSPS) is 11.9. The van der Waals surface area contributed by atoms with E-state index in [0.29, 0.717) is 22.7 Å². The Kier molecular flexibility index (Phi) is 5.81. The van der Waals surface area contributed by atoms with Crippen LogP contribution in [0.3, 0.4) is 0 Å². The van der Waals surface area contributed by atoms with E-state index >= 15 is 0 Å². The number of carbonyl (C=O) groups is 2. The highest BCUT2D eigenvalue weighted by Crippen LogP contribution is 2.25. The summed E-state index contributed by atoms with van der Waals surface area (Å²) < 4.78 is 16.2. The predicted octanol–water partition coefficient (Wildman–Crippen LogP) is 4.08. The fourth-order valence-corrected chi connectivity index (χ4v) is 2.95. The van der Waals surface area contributed by atoms with Gasteiger partial charge in [-0.25, -0.2) is 9.59 Å². The van der Waals surface area contributed by atoms with Gasteiger partial charge in [0.2, 0.25) is 5.89 Å². The molecule has 2 aromatic heterocycles. The zero-order valence-corrected chi connectivity index (χ0v) is 17.0. The van der Waals surface area contributed by atoms with Crippen LogP contribution in [0.15, 0.2) is 28.7 Å². The van der Waals surface area contributed by atoms with E-state index in [0.717, 1.165) is 11.1 Å². The summed E-state index contributed by atoms with van der Waals surface area (Å²) in [6.45, 7) is 8.97. The van der Waals surface area contributed by atoms with Crippen molar-refractivity contribution in [1.29, 1.82) is 0 Å². The molecule has 3 aromatic rings. The van der Waals surface area contributed by atoms with Crippen molar-refractivity contribution in [2.45, 2.75) is 40.7 Å². The molecule has 1 atom stereocenters. The van der Waals surface area contributed by atoms with E-state index in [1.54, 1.807) is 27.7 Å². The highest BCUT2D eigenvalue weighted by atomic mass is 16.6. The average Bonchev–Trinajstić information content (AvgIpc) is 3.27. The van der Waals surface area contributed by atoms with Gasteiger partial charge in [0.25, 0.3) is 5.89 Å². The lowest BCUT2D eigenvalue weighted by Crippen LogP contribution is -2.12. The van der Waals surface area contributed by atoms with Crippen LogP contribution in [0.25, 0.3) is 11.5 Å². The van der Waals surface area contributed by atoms with Crippen LogP contribution < -0.4 is 0 Å². The summed E-state index contributed by atoms with van der Waals surface area (Å²) in [6.07, 6.45) is -0.761. The van der Waals surface area contributed by atoms with Crippen LogP contribution >= 0.6 is 0 Å². The second-order valence-corrected chi connectivity index (χ2v) is 6.70. The van der Waals surface area contributed by atoms with E-state index in [9.17, 15) is 9.59 Å². The second-order valence-electron chi connectivity index (χ2n) is 6.70. The van der Waals surface area contributed by atoms with Gasteiger partial charge in [-0.3, -0.25) is 0 Å². The first-order chi connectivity index (χ1) is 13.8. The molecule has 0 bridgehead atoms. The van der Waals surface area contributed by atoms with Crippen LogP contribution in [0, 0.1) is 20.8 Å². The first-order valence-electron chi connectivity index (χ1n) is 9.29. The maximum absolute atomic E-state index is 12.6. The number of hydrogen-bond donors (Lipinski definition) is 1. The first-order valence-corrected chi connectivity index (χ1v) is 9.29. The summed E-state index contributed by atoms with van der Waals surface area (Å²) in [5.74, 6) is -0.575. The smallest absolute Gasteiger partial charge is 0.355 e. The summed E-state index contributed by atoms with van der Waals surface area (Å²) in [5, 5.41) is 8.00. The molecule has 152 valence electrons. The Morgan fingerprint density at radius 2 is 1.79 bits per heavy atom. The lowest BCUT2D eigenvalue weighted by molar-refractivity contribution is 0.0272. The zero-order chi connectivity index (χ0) is 21.1.